The van der Waals surface area contributed by atoms with Crippen molar-refractivity contribution >= 4 is 22.2 Å². The van der Waals surface area contributed by atoms with Gasteiger partial charge in [0.15, 0.2) is 5.78 Å². The summed E-state index contributed by atoms with van der Waals surface area (Å²) in [5, 5.41) is 11.5. The van der Waals surface area contributed by atoms with Crippen molar-refractivity contribution < 1.29 is 36.1 Å². The molecule has 0 heterocycles. The van der Waals surface area contributed by atoms with Gasteiger partial charge in [-0.3, -0.25) is 4.79 Å². The molecule has 0 spiro atoms. The van der Waals surface area contributed by atoms with Gasteiger partial charge in [0.25, 0.3) is 0 Å². The molecule has 1 atom stereocenters. The Morgan fingerprint density at radius 2 is 1.47 bits per heavy atom. The molecular weight excluding hydrogens is 494 g/mol. The maximum absolute atomic E-state index is 13.9. The molecule has 0 saturated carbocycles. The van der Waals surface area contributed by atoms with Crippen LogP contribution in [-0.4, -0.2) is 43.8 Å². The molecule has 8 nitrogen and oxygen atoms in total. The van der Waals surface area contributed by atoms with Gasteiger partial charge < -0.3 is 14.6 Å². The third-order valence-electron chi connectivity index (χ3n) is 5.35. The van der Waals surface area contributed by atoms with Crippen LogP contribution < -0.4 is 9.50 Å². The molecule has 3 rings (SSSR count). The predicted octanol–water partition coefficient (Wildman–Crippen LogP) is 4.79. The summed E-state index contributed by atoms with van der Waals surface area (Å²) in [6, 6.07) is 15.5. The lowest BCUT2D eigenvalue weighted by molar-refractivity contribution is 0.0966. The molecule has 0 aromatic heterocycles. The minimum absolute atomic E-state index is 0.00929. The molecule has 0 aliphatic rings. The average molecular weight is 519 g/mol. The van der Waals surface area contributed by atoms with Gasteiger partial charge >= 0.3 is 16.4 Å². The average Bonchev–Trinajstić information content (AvgIpc) is 2.82. The summed E-state index contributed by atoms with van der Waals surface area (Å²) in [7, 11) is -1.17. The van der Waals surface area contributed by atoms with Crippen LogP contribution in [0, 0.1) is 11.6 Å². The lowest BCUT2D eigenvalue weighted by atomic mass is 9.96. The zero-order chi connectivity index (χ0) is 26.5. The zero-order valence-corrected chi connectivity index (χ0v) is 20.3. The van der Waals surface area contributed by atoms with Crippen molar-refractivity contribution in [1.82, 2.24) is 9.62 Å². The molecule has 3 aromatic carbocycles. The molecule has 36 heavy (non-hydrogen) atoms. The standard InChI is InChI=1S/C25H24F2N2O6S/c1-29(2)36(33,34)35-19-12-10-17(11-13-19)16-6-8-18(9-7-16)22(28-25(31)32)14-15-23(30)24-20(26)4-3-5-21(24)27/h3-13,22,28H,14-15H2,1-2H3,(H,31,32). The van der Waals surface area contributed by atoms with Gasteiger partial charge in [-0.2, -0.15) is 12.7 Å². The first-order chi connectivity index (χ1) is 17.0. The Hall–Kier alpha value is -3.83. The number of carboxylic acid groups (broad SMARTS) is 1. The first kappa shape index (κ1) is 26.8. The van der Waals surface area contributed by atoms with E-state index in [1.807, 2.05) is 0 Å². The van der Waals surface area contributed by atoms with Crippen LogP contribution in [0.25, 0.3) is 11.1 Å². The molecule has 190 valence electrons. The first-order valence-corrected chi connectivity index (χ1v) is 12.1. The van der Waals surface area contributed by atoms with Crippen LogP contribution in [0.5, 0.6) is 5.75 Å². The third kappa shape index (κ3) is 6.64. The van der Waals surface area contributed by atoms with Crippen LogP contribution in [-0.2, 0) is 10.3 Å². The molecule has 3 aromatic rings. The summed E-state index contributed by atoms with van der Waals surface area (Å²) in [6.07, 6.45) is -1.59. The fourth-order valence-electron chi connectivity index (χ4n) is 3.44. The van der Waals surface area contributed by atoms with E-state index in [4.69, 9.17) is 4.18 Å². The number of Topliss-reactive ketones (excluding diaryl/α,β-unsaturated/α-hetero) is 1. The van der Waals surface area contributed by atoms with E-state index in [0.29, 0.717) is 5.56 Å². The molecular formula is C25H24F2N2O6S. The molecule has 0 aliphatic carbocycles. The number of nitrogens with one attached hydrogen (secondary N) is 1. The van der Waals surface area contributed by atoms with E-state index in [0.717, 1.165) is 33.6 Å². The molecule has 1 amide bonds. The summed E-state index contributed by atoms with van der Waals surface area (Å²) in [5.41, 5.74) is 1.43. The number of nitrogens with zero attached hydrogens (tertiary/aromatic N) is 1. The Labute approximate surface area is 207 Å². The highest BCUT2D eigenvalue weighted by Gasteiger charge is 2.21. The van der Waals surface area contributed by atoms with Crippen molar-refractivity contribution in [3.05, 3.63) is 89.5 Å². The summed E-state index contributed by atoms with van der Waals surface area (Å²) >= 11 is 0. The minimum atomic E-state index is -3.88. The van der Waals surface area contributed by atoms with E-state index in [2.05, 4.69) is 5.32 Å². The van der Waals surface area contributed by atoms with E-state index >= 15 is 0 Å². The molecule has 0 radical (unpaired) electrons. The van der Waals surface area contributed by atoms with Crippen molar-refractivity contribution in [3.8, 4) is 16.9 Å². The van der Waals surface area contributed by atoms with Crippen LogP contribution in [0.2, 0.25) is 0 Å². The number of benzene rings is 3. The number of hydrogen-bond donors (Lipinski definition) is 2. The Morgan fingerprint density at radius 3 is 1.97 bits per heavy atom. The number of rotatable bonds is 10. The van der Waals surface area contributed by atoms with E-state index in [1.165, 1.54) is 26.2 Å². The number of hydrogen-bond acceptors (Lipinski definition) is 5. The molecule has 0 aliphatic heterocycles. The number of halogens is 2. The number of ketones is 1. The lowest BCUT2D eigenvalue weighted by Gasteiger charge is -2.18. The van der Waals surface area contributed by atoms with Gasteiger partial charge in [-0.25, -0.2) is 13.6 Å². The fourth-order valence-corrected chi connectivity index (χ4v) is 3.95. The highest BCUT2D eigenvalue weighted by atomic mass is 32.2. The molecule has 0 saturated heterocycles. The summed E-state index contributed by atoms with van der Waals surface area (Å²) in [5.74, 6) is -2.56. The number of carbonyl (C=O) groups excluding carboxylic acids is 1. The van der Waals surface area contributed by atoms with E-state index in [-0.39, 0.29) is 18.6 Å². The van der Waals surface area contributed by atoms with Gasteiger partial charge in [-0.05, 0) is 47.4 Å². The van der Waals surface area contributed by atoms with Crippen LogP contribution in [0.1, 0.15) is 34.8 Å². The van der Waals surface area contributed by atoms with Crippen molar-refractivity contribution in [2.45, 2.75) is 18.9 Å². The van der Waals surface area contributed by atoms with Crippen molar-refractivity contribution in [1.29, 1.82) is 0 Å². The highest BCUT2D eigenvalue weighted by molar-refractivity contribution is 7.84. The van der Waals surface area contributed by atoms with Crippen molar-refractivity contribution in [3.63, 3.8) is 0 Å². The highest BCUT2D eigenvalue weighted by Crippen LogP contribution is 2.27. The van der Waals surface area contributed by atoms with Gasteiger partial charge in [-0.1, -0.05) is 42.5 Å². The molecule has 1 unspecified atom stereocenters. The molecule has 0 fully saturated rings. The van der Waals surface area contributed by atoms with Gasteiger partial charge in [0.05, 0.1) is 11.6 Å². The van der Waals surface area contributed by atoms with Gasteiger partial charge in [0, 0.05) is 20.5 Å². The quantitative estimate of drug-likeness (QED) is 0.373. The molecule has 11 heteroatoms. The lowest BCUT2D eigenvalue weighted by Crippen LogP contribution is -2.27. The Kier molecular flexibility index (Phi) is 8.38. The van der Waals surface area contributed by atoms with Crippen LogP contribution in [0.15, 0.2) is 66.7 Å². The second kappa shape index (κ2) is 11.3. The summed E-state index contributed by atoms with van der Waals surface area (Å²) in [4.78, 5) is 23.7. The Bertz CT molecular complexity index is 1320. The summed E-state index contributed by atoms with van der Waals surface area (Å²) < 4.78 is 57.4. The smallest absolute Gasteiger partial charge is 0.405 e. The van der Waals surface area contributed by atoms with Crippen LogP contribution in [0.3, 0.4) is 0 Å². The normalized spacial score (nSPS) is 12.2. The van der Waals surface area contributed by atoms with Gasteiger partial charge in [0.2, 0.25) is 0 Å². The van der Waals surface area contributed by atoms with E-state index < -0.39 is 45.4 Å². The van der Waals surface area contributed by atoms with Crippen LogP contribution >= 0.6 is 0 Å². The largest absolute Gasteiger partial charge is 0.465 e. The third-order valence-corrected chi connectivity index (χ3v) is 6.65. The number of carbonyl (C=O) groups is 2. The van der Waals surface area contributed by atoms with Crippen molar-refractivity contribution in [2.75, 3.05) is 14.1 Å². The van der Waals surface area contributed by atoms with E-state index in [1.54, 1.807) is 36.4 Å². The van der Waals surface area contributed by atoms with Gasteiger partial charge in [-0.15, -0.1) is 0 Å². The van der Waals surface area contributed by atoms with Crippen molar-refractivity contribution in [2.24, 2.45) is 0 Å². The van der Waals surface area contributed by atoms with Crippen LogP contribution in [0.4, 0.5) is 13.6 Å². The fraction of sp³-hybridized carbons (Fsp3) is 0.200. The maximum Gasteiger partial charge on any atom is 0.405 e. The second-order valence-corrected chi connectivity index (χ2v) is 9.78. The maximum atomic E-state index is 13.9. The summed E-state index contributed by atoms with van der Waals surface area (Å²) in [6.45, 7) is 0. The first-order valence-electron chi connectivity index (χ1n) is 10.8. The topological polar surface area (TPSA) is 113 Å². The number of amides is 1. The predicted molar refractivity (Wildman–Crippen MR) is 129 cm³/mol. The Morgan fingerprint density at radius 1 is 0.944 bits per heavy atom. The van der Waals surface area contributed by atoms with Gasteiger partial charge in [0.1, 0.15) is 17.4 Å². The molecule has 0 bridgehead atoms. The SMILES string of the molecule is CN(C)S(=O)(=O)Oc1ccc(-c2ccc(C(CCC(=O)c3c(F)cccc3F)NC(=O)O)cc2)cc1. The minimum Gasteiger partial charge on any atom is -0.465 e. The second-order valence-electron chi connectivity index (χ2n) is 8.03. The zero-order valence-electron chi connectivity index (χ0n) is 19.4. The Balaban J connectivity index is 1.73. The molecule has 2 N–H and O–H groups in total. The monoisotopic (exact) mass is 518 g/mol. The van der Waals surface area contributed by atoms with E-state index in [9.17, 15) is 31.9 Å².